The maximum absolute atomic E-state index is 11.0. The first kappa shape index (κ1) is 10.4. The summed E-state index contributed by atoms with van der Waals surface area (Å²) in [5.74, 6) is -0.0870. The number of para-hydroxylation sites is 1. The molecular weight excluding hydrogens is 202 g/mol. The molecule has 1 amide bonds. The Morgan fingerprint density at radius 2 is 2.31 bits per heavy atom. The van der Waals surface area contributed by atoms with Crippen LogP contribution in [0.5, 0.6) is 0 Å². The molecule has 1 aromatic heterocycles. The lowest BCUT2D eigenvalue weighted by Gasteiger charge is -1.93. The van der Waals surface area contributed by atoms with E-state index in [0.29, 0.717) is 6.42 Å². The normalized spacial score (nSPS) is 11.1. The smallest absolute Gasteiger partial charge is 0.239 e. The zero-order valence-electron chi connectivity index (χ0n) is 9.03. The highest BCUT2D eigenvalue weighted by Crippen LogP contribution is 2.15. The molecule has 82 valence electrons. The first-order valence-corrected chi connectivity index (χ1v) is 5.19. The fourth-order valence-corrected chi connectivity index (χ4v) is 1.45. The number of hydrazone groups is 1. The Labute approximate surface area is 93.4 Å². The molecule has 4 heteroatoms. The maximum atomic E-state index is 11.0. The summed E-state index contributed by atoms with van der Waals surface area (Å²) in [6.07, 6.45) is 3.95. The summed E-state index contributed by atoms with van der Waals surface area (Å²) in [5, 5.41) is 4.98. The van der Waals surface area contributed by atoms with Crippen LogP contribution < -0.4 is 5.43 Å². The highest BCUT2D eigenvalue weighted by Gasteiger charge is 1.99. The van der Waals surface area contributed by atoms with Crippen LogP contribution in [0, 0.1) is 0 Å². The Balaban J connectivity index is 2.18. The zero-order chi connectivity index (χ0) is 11.4. The Bertz CT molecular complexity index is 528. The van der Waals surface area contributed by atoms with Crippen LogP contribution in [0.1, 0.15) is 18.9 Å². The van der Waals surface area contributed by atoms with Gasteiger partial charge < -0.3 is 4.98 Å². The van der Waals surface area contributed by atoms with Gasteiger partial charge in [-0.15, -0.1) is 0 Å². The van der Waals surface area contributed by atoms with Crippen molar-refractivity contribution in [2.45, 2.75) is 13.3 Å². The topological polar surface area (TPSA) is 57.2 Å². The van der Waals surface area contributed by atoms with Crippen LogP contribution in [0.15, 0.2) is 35.6 Å². The minimum atomic E-state index is -0.0870. The summed E-state index contributed by atoms with van der Waals surface area (Å²) >= 11 is 0. The van der Waals surface area contributed by atoms with E-state index in [-0.39, 0.29) is 5.91 Å². The number of carbonyl (C=O) groups is 1. The lowest BCUT2D eigenvalue weighted by atomic mass is 10.2. The lowest BCUT2D eigenvalue weighted by Crippen LogP contribution is -2.15. The van der Waals surface area contributed by atoms with Crippen molar-refractivity contribution in [2.75, 3.05) is 0 Å². The Hall–Kier alpha value is -2.10. The van der Waals surface area contributed by atoms with Crippen molar-refractivity contribution in [3.8, 4) is 0 Å². The highest BCUT2D eigenvalue weighted by molar-refractivity contribution is 5.99. The van der Waals surface area contributed by atoms with Crippen molar-refractivity contribution < 1.29 is 4.79 Å². The van der Waals surface area contributed by atoms with Crippen molar-refractivity contribution in [3.05, 3.63) is 36.0 Å². The van der Waals surface area contributed by atoms with Crippen LogP contribution in [0.25, 0.3) is 10.9 Å². The first-order chi connectivity index (χ1) is 7.81. The second-order valence-corrected chi connectivity index (χ2v) is 3.44. The molecule has 2 rings (SSSR count). The molecule has 0 radical (unpaired) electrons. The van der Waals surface area contributed by atoms with Gasteiger partial charge in [0.25, 0.3) is 0 Å². The average molecular weight is 215 g/mol. The largest absolute Gasteiger partial charge is 0.361 e. The SMILES string of the molecule is CCC(=O)NN=Cc1c[nH]c2ccccc12. The van der Waals surface area contributed by atoms with Gasteiger partial charge in [-0.2, -0.15) is 5.10 Å². The molecule has 2 aromatic rings. The summed E-state index contributed by atoms with van der Waals surface area (Å²) in [6.45, 7) is 1.79. The van der Waals surface area contributed by atoms with Gasteiger partial charge in [0, 0.05) is 29.1 Å². The van der Waals surface area contributed by atoms with Gasteiger partial charge in [0.15, 0.2) is 0 Å². The summed E-state index contributed by atoms with van der Waals surface area (Å²) in [7, 11) is 0. The van der Waals surface area contributed by atoms with Crippen molar-refractivity contribution >= 4 is 23.0 Å². The van der Waals surface area contributed by atoms with E-state index < -0.39 is 0 Å². The summed E-state index contributed by atoms with van der Waals surface area (Å²) in [5.41, 5.74) is 4.48. The van der Waals surface area contributed by atoms with Crippen LogP contribution in [-0.2, 0) is 4.79 Å². The minimum Gasteiger partial charge on any atom is -0.361 e. The molecule has 0 fully saturated rings. The third-order valence-electron chi connectivity index (χ3n) is 2.34. The number of aromatic nitrogens is 1. The van der Waals surface area contributed by atoms with Crippen molar-refractivity contribution in [1.82, 2.24) is 10.4 Å². The molecule has 4 nitrogen and oxygen atoms in total. The van der Waals surface area contributed by atoms with Gasteiger partial charge in [0.2, 0.25) is 5.91 Å². The fourth-order valence-electron chi connectivity index (χ4n) is 1.45. The number of H-pyrrole nitrogens is 1. The average Bonchev–Trinajstić information content (AvgIpc) is 2.73. The van der Waals surface area contributed by atoms with Crippen LogP contribution in [0.2, 0.25) is 0 Å². The van der Waals surface area contributed by atoms with Crippen LogP contribution >= 0.6 is 0 Å². The molecule has 0 saturated carbocycles. The number of amides is 1. The van der Waals surface area contributed by atoms with Gasteiger partial charge in [0.1, 0.15) is 0 Å². The van der Waals surface area contributed by atoms with Gasteiger partial charge >= 0.3 is 0 Å². The van der Waals surface area contributed by atoms with Crippen LogP contribution in [0.4, 0.5) is 0 Å². The monoisotopic (exact) mass is 215 g/mol. The quantitative estimate of drug-likeness (QED) is 0.597. The van der Waals surface area contributed by atoms with Gasteiger partial charge in [-0.05, 0) is 6.07 Å². The van der Waals surface area contributed by atoms with Crippen LogP contribution in [-0.4, -0.2) is 17.1 Å². The third-order valence-corrected chi connectivity index (χ3v) is 2.34. The molecule has 0 bridgehead atoms. The molecule has 2 N–H and O–H groups in total. The molecule has 0 aliphatic rings. The number of nitrogens with one attached hydrogen (secondary N) is 2. The first-order valence-electron chi connectivity index (χ1n) is 5.19. The molecule has 0 aliphatic carbocycles. The zero-order valence-corrected chi connectivity index (χ0v) is 9.03. The van der Waals surface area contributed by atoms with Gasteiger partial charge in [-0.25, -0.2) is 5.43 Å². The van der Waals surface area contributed by atoms with Crippen molar-refractivity contribution in [3.63, 3.8) is 0 Å². The summed E-state index contributed by atoms with van der Waals surface area (Å²) in [4.78, 5) is 14.1. The van der Waals surface area contributed by atoms with Gasteiger partial charge in [-0.1, -0.05) is 25.1 Å². The number of rotatable bonds is 3. The molecule has 1 aromatic carbocycles. The molecular formula is C12H13N3O. The van der Waals surface area contributed by atoms with Gasteiger partial charge in [0.05, 0.1) is 6.21 Å². The van der Waals surface area contributed by atoms with E-state index in [1.54, 1.807) is 13.1 Å². The second-order valence-electron chi connectivity index (χ2n) is 3.44. The third kappa shape index (κ3) is 2.11. The molecule has 0 spiro atoms. The van der Waals surface area contributed by atoms with Crippen molar-refractivity contribution in [2.24, 2.45) is 5.10 Å². The Morgan fingerprint density at radius 1 is 1.50 bits per heavy atom. The van der Waals surface area contributed by atoms with E-state index in [2.05, 4.69) is 15.5 Å². The lowest BCUT2D eigenvalue weighted by molar-refractivity contribution is -0.120. The maximum Gasteiger partial charge on any atom is 0.239 e. The van der Waals surface area contributed by atoms with E-state index in [0.717, 1.165) is 16.5 Å². The van der Waals surface area contributed by atoms with E-state index >= 15 is 0 Å². The number of hydrogen-bond acceptors (Lipinski definition) is 2. The van der Waals surface area contributed by atoms with E-state index in [4.69, 9.17) is 0 Å². The van der Waals surface area contributed by atoms with Crippen molar-refractivity contribution in [1.29, 1.82) is 0 Å². The summed E-state index contributed by atoms with van der Waals surface area (Å²) < 4.78 is 0. The predicted molar refractivity (Wildman–Crippen MR) is 64.3 cm³/mol. The number of benzene rings is 1. The fraction of sp³-hybridized carbons (Fsp3) is 0.167. The molecule has 0 atom stereocenters. The summed E-state index contributed by atoms with van der Waals surface area (Å²) in [6, 6.07) is 7.95. The highest BCUT2D eigenvalue weighted by atomic mass is 16.2. The number of hydrogen-bond donors (Lipinski definition) is 2. The number of nitrogens with zero attached hydrogens (tertiary/aromatic N) is 1. The standard InChI is InChI=1S/C12H13N3O/c1-2-12(16)15-14-8-9-7-13-11-6-4-3-5-10(9)11/h3-8,13H,2H2,1H3,(H,15,16). The number of aromatic amines is 1. The predicted octanol–water partition coefficient (Wildman–Crippen LogP) is 2.03. The Kier molecular flexibility index (Phi) is 3.00. The molecule has 1 heterocycles. The number of carbonyl (C=O) groups excluding carboxylic acids is 1. The second kappa shape index (κ2) is 4.61. The molecule has 0 aliphatic heterocycles. The molecule has 16 heavy (non-hydrogen) atoms. The molecule has 0 unspecified atom stereocenters. The van der Waals surface area contributed by atoms with E-state index in [1.807, 2.05) is 30.5 Å². The Morgan fingerprint density at radius 3 is 3.12 bits per heavy atom. The van der Waals surface area contributed by atoms with Crippen LogP contribution in [0.3, 0.4) is 0 Å². The molecule has 0 saturated heterocycles. The van der Waals surface area contributed by atoms with Gasteiger partial charge in [-0.3, -0.25) is 4.79 Å². The number of fused-ring (bicyclic) bond motifs is 1. The minimum absolute atomic E-state index is 0.0870. The van der Waals surface area contributed by atoms with E-state index in [9.17, 15) is 4.79 Å². The van der Waals surface area contributed by atoms with E-state index in [1.165, 1.54) is 0 Å².